The Kier molecular flexibility index (Phi) is 3.82. The second-order valence-electron chi connectivity index (χ2n) is 5.94. The molecule has 1 aliphatic heterocycles. The van der Waals surface area contributed by atoms with Crippen molar-refractivity contribution in [2.75, 3.05) is 18.8 Å². The molecule has 1 aromatic rings. The van der Waals surface area contributed by atoms with Crippen LogP contribution >= 0.6 is 0 Å². The molecule has 2 aliphatic rings. The lowest BCUT2D eigenvalue weighted by atomic mass is 9.98. The first kappa shape index (κ1) is 13.9. The van der Waals surface area contributed by atoms with E-state index in [2.05, 4.69) is 5.32 Å². The smallest absolute Gasteiger partial charge is 0.254 e. The number of hydrogen-bond donors (Lipinski definition) is 2. The molecule has 2 amide bonds. The maximum Gasteiger partial charge on any atom is 0.254 e. The predicted molar refractivity (Wildman–Crippen MR) is 80.9 cm³/mol. The molecule has 0 radical (unpaired) electrons. The molecule has 1 aliphatic carbocycles. The number of benzene rings is 1. The number of carbonyl (C=O) groups excluding carboxylic acids is 2. The third-order valence-corrected chi connectivity index (χ3v) is 4.36. The first-order chi connectivity index (χ1) is 10.1. The lowest BCUT2D eigenvalue weighted by Crippen LogP contribution is -2.46. The summed E-state index contributed by atoms with van der Waals surface area (Å²) in [6, 6.07) is 5.71. The van der Waals surface area contributed by atoms with Crippen molar-refractivity contribution in [1.29, 1.82) is 0 Å². The zero-order chi connectivity index (χ0) is 14.8. The summed E-state index contributed by atoms with van der Waals surface area (Å²) < 4.78 is 0. The standard InChI is InChI=1S/C16H21N3O2/c17-12-6-5-11-7-8-19(16(21)14(11)9-12)10-15(20)18-13-3-1-2-4-13/h5-6,9,13H,1-4,7-8,10,17H2,(H,18,20). The van der Waals surface area contributed by atoms with Crippen molar-refractivity contribution >= 4 is 17.5 Å². The van der Waals surface area contributed by atoms with E-state index in [9.17, 15) is 9.59 Å². The van der Waals surface area contributed by atoms with Gasteiger partial charge in [0.25, 0.3) is 5.91 Å². The third-order valence-electron chi connectivity index (χ3n) is 4.36. The fraction of sp³-hybridized carbons (Fsp3) is 0.500. The van der Waals surface area contributed by atoms with Gasteiger partial charge in [0.05, 0.1) is 6.54 Å². The Bertz CT molecular complexity index is 565. The zero-order valence-corrected chi connectivity index (χ0v) is 12.1. The van der Waals surface area contributed by atoms with Crippen molar-refractivity contribution in [2.45, 2.75) is 38.1 Å². The number of amides is 2. The molecule has 3 N–H and O–H groups in total. The Morgan fingerprint density at radius 2 is 2.10 bits per heavy atom. The molecule has 0 saturated heterocycles. The number of hydrogen-bond acceptors (Lipinski definition) is 3. The predicted octanol–water partition coefficient (Wildman–Crippen LogP) is 1.33. The average Bonchev–Trinajstić information content (AvgIpc) is 2.95. The van der Waals surface area contributed by atoms with Gasteiger partial charge in [-0.25, -0.2) is 0 Å². The van der Waals surface area contributed by atoms with E-state index in [1.165, 1.54) is 12.8 Å². The molecule has 5 heteroatoms. The van der Waals surface area contributed by atoms with E-state index < -0.39 is 0 Å². The Morgan fingerprint density at radius 1 is 1.33 bits per heavy atom. The largest absolute Gasteiger partial charge is 0.399 e. The molecule has 21 heavy (non-hydrogen) atoms. The summed E-state index contributed by atoms with van der Waals surface area (Å²) in [5.74, 6) is -0.146. The van der Waals surface area contributed by atoms with Gasteiger partial charge in [-0.2, -0.15) is 0 Å². The minimum atomic E-state index is -0.0925. The molecule has 1 saturated carbocycles. The van der Waals surface area contributed by atoms with Gasteiger partial charge in [-0.1, -0.05) is 18.9 Å². The van der Waals surface area contributed by atoms with Gasteiger partial charge in [-0.15, -0.1) is 0 Å². The molecule has 0 spiro atoms. The van der Waals surface area contributed by atoms with Crippen molar-refractivity contribution in [3.8, 4) is 0 Å². The molecule has 0 aromatic heterocycles. The summed E-state index contributed by atoms with van der Waals surface area (Å²) in [6.07, 6.45) is 5.25. The van der Waals surface area contributed by atoms with Crippen LogP contribution in [0.1, 0.15) is 41.6 Å². The number of nitrogen functional groups attached to an aromatic ring is 1. The second-order valence-corrected chi connectivity index (χ2v) is 5.94. The molecule has 1 fully saturated rings. The molecule has 112 valence electrons. The number of carbonyl (C=O) groups is 2. The summed E-state index contributed by atoms with van der Waals surface area (Å²) >= 11 is 0. The Hall–Kier alpha value is -2.04. The van der Waals surface area contributed by atoms with Crippen molar-refractivity contribution < 1.29 is 9.59 Å². The molecule has 0 unspecified atom stereocenters. The molecule has 5 nitrogen and oxygen atoms in total. The van der Waals surface area contributed by atoms with Crippen LogP contribution in [0.5, 0.6) is 0 Å². The molecule has 0 bridgehead atoms. The third kappa shape index (κ3) is 3.01. The Morgan fingerprint density at radius 3 is 2.86 bits per heavy atom. The second kappa shape index (κ2) is 5.76. The van der Waals surface area contributed by atoms with Crippen LogP contribution in [0.25, 0.3) is 0 Å². The van der Waals surface area contributed by atoms with Crippen molar-refractivity contribution in [1.82, 2.24) is 10.2 Å². The van der Waals surface area contributed by atoms with Crippen molar-refractivity contribution in [3.05, 3.63) is 29.3 Å². The van der Waals surface area contributed by atoms with E-state index in [1.54, 1.807) is 11.0 Å². The van der Waals surface area contributed by atoms with Crippen LogP contribution in [0.4, 0.5) is 5.69 Å². The van der Waals surface area contributed by atoms with E-state index in [1.807, 2.05) is 12.1 Å². The normalized spacial score (nSPS) is 18.7. The van der Waals surface area contributed by atoms with E-state index >= 15 is 0 Å². The Labute approximate surface area is 124 Å². The van der Waals surface area contributed by atoms with Crippen LogP contribution in [0.3, 0.4) is 0 Å². The fourth-order valence-electron chi connectivity index (χ4n) is 3.21. The highest BCUT2D eigenvalue weighted by Gasteiger charge is 2.27. The van der Waals surface area contributed by atoms with Crippen LogP contribution in [0, 0.1) is 0 Å². The van der Waals surface area contributed by atoms with Gasteiger partial charge in [-0.05, 0) is 37.0 Å². The van der Waals surface area contributed by atoms with Gasteiger partial charge in [-0.3, -0.25) is 9.59 Å². The summed E-state index contributed by atoms with van der Waals surface area (Å²) in [6.45, 7) is 0.734. The highest BCUT2D eigenvalue weighted by molar-refractivity contribution is 5.99. The molecule has 0 atom stereocenters. The maximum absolute atomic E-state index is 12.4. The van der Waals surface area contributed by atoms with Gasteiger partial charge in [0.1, 0.15) is 0 Å². The highest BCUT2D eigenvalue weighted by atomic mass is 16.2. The van der Waals surface area contributed by atoms with Crippen LogP contribution < -0.4 is 11.1 Å². The summed E-state index contributed by atoms with van der Waals surface area (Å²) in [5, 5.41) is 3.02. The topological polar surface area (TPSA) is 75.4 Å². The van der Waals surface area contributed by atoms with Crippen LogP contribution in [0.15, 0.2) is 18.2 Å². The van der Waals surface area contributed by atoms with Crippen molar-refractivity contribution in [2.24, 2.45) is 0 Å². The number of nitrogens with zero attached hydrogens (tertiary/aromatic N) is 1. The highest BCUT2D eigenvalue weighted by Crippen LogP contribution is 2.21. The monoisotopic (exact) mass is 287 g/mol. The van der Waals surface area contributed by atoms with Gasteiger partial charge < -0.3 is 16.0 Å². The lowest BCUT2D eigenvalue weighted by molar-refractivity contribution is -0.122. The first-order valence-corrected chi connectivity index (χ1v) is 7.60. The van der Waals surface area contributed by atoms with E-state index in [-0.39, 0.29) is 18.4 Å². The molecule has 1 aromatic carbocycles. The molecular formula is C16H21N3O2. The molecule has 3 rings (SSSR count). The Balaban J connectivity index is 1.64. The zero-order valence-electron chi connectivity index (χ0n) is 12.1. The number of nitrogens with two attached hydrogens (primary N) is 1. The fourth-order valence-corrected chi connectivity index (χ4v) is 3.21. The van der Waals surface area contributed by atoms with Gasteiger partial charge in [0.2, 0.25) is 5.91 Å². The van der Waals surface area contributed by atoms with Gasteiger partial charge in [0.15, 0.2) is 0 Å². The minimum absolute atomic E-state index is 0.0531. The maximum atomic E-state index is 12.4. The quantitative estimate of drug-likeness (QED) is 0.823. The van der Waals surface area contributed by atoms with Crippen LogP contribution in [-0.2, 0) is 11.2 Å². The van der Waals surface area contributed by atoms with Crippen molar-refractivity contribution in [3.63, 3.8) is 0 Å². The number of nitrogens with one attached hydrogen (secondary N) is 1. The first-order valence-electron chi connectivity index (χ1n) is 7.60. The number of rotatable bonds is 3. The minimum Gasteiger partial charge on any atom is -0.399 e. The summed E-state index contributed by atoms with van der Waals surface area (Å²) in [5.41, 5.74) is 7.98. The SMILES string of the molecule is Nc1ccc2c(c1)C(=O)N(CC(=O)NC1CCCC1)CC2. The van der Waals surface area contributed by atoms with Crippen LogP contribution in [-0.4, -0.2) is 35.8 Å². The summed E-state index contributed by atoms with van der Waals surface area (Å²) in [7, 11) is 0. The van der Waals surface area contributed by atoms with E-state index in [0.29, 0.717) is 23.8 Å². The van der Waals surface area contributed by atoms with E-state index in [0.717, 1.165) is 24.8 Å². The number of fused-ring (bicyclic) bond motifs is 1. The number of anilines is 1. The van der Waals surface area contributed by atoms with E-state index in [4.69, 9.17) is 5.73 Å². The van der Waals surface area contributed by atoms with Gasteiger partial charge in [0, 0.05) is 23.8 Å². The summed E-state index contributed by atoms with van der Waals surface area (Å²) in [4.78, 5) is 26.1. The average molecular weight is 287 g/mol. The van der Waals surface area contributed by atoms with Gasteiger partial charge >= 0.3 is 0 Å². The molecular weight excluding hydrogens is 266 g/mol. The van der Waals surface area contributed by atoms with Crippen LogP contribution in [0.2, 0.25) is 0 Å². The molecule has 1 heterocycles. The lowest BCUT2D eigenvalue weighted by Gasteiger charge is -2.28.